The number of aryl methyl sites for hydroxylation is 3. The number of hydrogen-bond donors (Lipinski definition) is 1. The van der Waals surface area contributed by atoms with Crippen molar-refractivity contribution >= 4 is 22.5 Å². The number of fused-ring (bicyclic) bond motifs is 1. The largest absolute Gasteiger partial charge is 0.495 e. The summed E-state index contributed by atoms with van der Waals surface area (Å²) < 4.78 is 7.25. The van der Waals surface area contributed by atoms with E-state index in [1.165, 1.54) is 0 Å². The molecule has 152 valence electrons. The molecule has 0 fully saturated rings. The first-order chi connectivity index (χ1) is 14.4. The maximum Gasteiger partial charge on any atom is 0.256 e. The van der Waals surface area contributed by atoms with Crippen LogP contribution in [0.4, 0.5) is 5.69 Å². The standard InChI is InChI=1S/C24H24N4O2/c1-14-10-11-22(30-5)20(12-14)26-24(29)18-13-21(23-15(2)27-28(4)16(23)3)25-19-9-7-6-8-17(18)19/h6-13H,1-5H3,(H,26,29). The fourth-order valence-electron chi connectivity index (χ4n) is 3.74. The number of hydrogen-bond acceptors (Lipinski definition) is 4. The molecule has 6 nitrogen and oxygen atoms in total. The lowest BCUT2D eigenvalue weighted by Crippen LogP contribution is -2.14. The van der Waals surface area contributed by atoms with Crippen LogP contribution in [0, 0.1) is 20.8 Å². The predicted molar refractivity (Wildman–Crippen MR) is 119 cm³/mol. The summed E-state index contributed by atoms with van der Waals surface area (Å²) in [6.45, 7) is 5.93. The topological polar surface area (TPSA) is 69.0 Å². The third-order valence-corrected chi connectivity index (χ3v) is 5.33. The van der Waals surface area contributed by atoms with Crippen LogP contribution >= 0.6 is 0 Å². The number of para-hydroxylation sites is 1. The lowest BCUT2D eigenvalue weighted by Gasteiger charge is -2.13. The van der Waals surface area contributed by atoms with Gasteiger partial charge in [0.05, 0.1) is 35.3 Å². The molecule has 2 heterocycles. The van der Waals surface area contributed by atoms with Gasteiger partial charge in [-0.15, -0.1) is 0 Å². The quantitative estimate of drug-likeness (QED) is 0.533. The molecule has 1 N–H and O–H groups in total. The van der Waals surface area contributed by atoms with E-state index in [4.69, 9.17) is 9.72 Å². The molecule has 0 radical (unpaired) electrons. The number of ether oxygens (including phenoxy) is 1. The number of nitrogens with zero attached hydrogens (tertiary/aromatic N) is 3. The van der Waals surface area contributed by atoms with E-state index in [-0.39, 0.29) is 5.91 Å². The first-order valence-corrected chi connectivity index (χ1v) is 9.75. The summed E-state index contributed by atoms with van der Waals surface area (Å²) in [6.07, 6.45) is 0. The smallest absolute Gasteiger partial charge is 0.256 e. The highest BCUT2D eigenvalue weighted by molar-refractivity contribution is 6.13. The van der Waals surface area contributed by atoms with Gasteiger partial charge in [0, 0.05) is 23.7 Å². The van der Waals surface area contributed by atoms with Gasteiger partial charge < -0.3 is 10.1 Å². The van der Waals surface area contributed by atoms with Crippen LogP contribution in [0.1, 0.15) is 27.3 Å². The molecular weight excluding hydrogens is 376 g/mol. The molecule has 6 heteroatoms. The first kappa shape index (κ1) is 19.6. The van der Waals surface area contributed by atoms with Crippen LogP contribution in [-0.2, 0) is 7.05 Å². The highest BCUT2D eigenvalue weighted by Gasteiger charge is 2.19. The number of aromatic nitrogens is 3. The molecule has 4 aromatic rings. The molecule has 0 bridgehead atoms. The minimum Gasteiger partial charge on any atom is -0.495 e. The maximum absolute atomic E-state index is 13.4. The van der Waals surface area contributed by atoms with Crippen molar-refractivity contribution in [3.05, 3.63) is 71.0 Å². The van der Waals surface area contributed by atoms with Gasteiger partial charge in [-0.25, -0.2) is 4.98 Å². The summed E-state index contributed by atoms with van der Waals surface area (Å²) >= 11 is 0. The fourth-order valence-corrected chi connectivity index (χ4v) is 3.74. The molecule has 30 heavy (non-hydrogen) atoms. The second-order valence-corrected chi connectivity index (χ2v) is 7.40. The SMILES string of the molecule is COc1ccc(C)cc1NC(=O)c1cc(-c2c(C)nn(C)c2C)nc2ccccc12. The van der Waals surface area contributed by atoms with E-state index in [0.29, 0.717) is 17.0 Å². The van der Waals surface area contributed by atoms with E-state index >= 15 is 0 Å². The Labute approximate surface area is 175 Å². The molecule has 4 rings (SSSR count). The minimum absolute atomic E-state index is 0.210. The predicted octanol–water partition coefficient (Wildman–Crippen LogP) is 4.82. The Bertz CT molecular complexity index is 1270. The van der Waals surface area contributed by atoms with E-state index < -0.39 is 0 Å². The number of carbonyl (C=O) groups is 1. The van der Waals surface area contributed by atoms with E-state index in [0.717, 1.165) is 39.1 Å². The van der Waals surface area contributed by atoms with Crippen molar-refractivity contribution in [2.45, 2.75) is 20.8 Å². The summed E-state index contributed by atoms with van der Waals surface area (Å²) in [5.74, 6) is 0.407. The van der Waals surface area contributed by atoms with Gasteiger partial charge in [-0.05, 0) is 50.6 Å². The van der Waals surface area contributed by atoms with Crippen LogP contribution < -0.4 is 10.1 Å². The first-order valence-electron chi connectivity index (χ1n) is 9.75. The summed E-state index contributed by atoms with van der Waals surface area (Å²) in [6, 6.07) is 15.2. The van der Waals surface area contributed by atoms with Gasteiger partial charge in [0.1, 0.15) is 5.75 Å². The number of pyridine rings is 1. The molecule has 0 saturated heterocycles. The Hall–Kier alpha value is -3.67. The van der Waals surface area contributed by atoms with Gasteiger partial charge in [-0.1, -0.05) is 24.3 Å². The molecule has 0 spiro atoms. The summed E-state index contributed by atoms with van der Waals surface area (Å²) in [5, 5.41) is 8.31. The number of rotatable bonds is 4. The van der Waals surface area contributed by atoms with E-state index in [9.17, 15) is 4.79 Å². The molecule has 2 aromatic heterocycles. The Morgan fingerprint density at radius 2 is 1.83 bits per heavy atom. The third-order valence-electron chi connectivity index (χ3n) is 5.33. The van der Waals surface area contributed by atoms with Crippen LogP contribution in [0.15, 0.2) is 48.5 Å². The van der Waals surface area contributed by atoms with Gasteiger partial charge >= 0.3 is 0 Å². The van der Waals surface area contributed by atoms with Crippen LogP contribution in [-0.4, -0.2) is 27.8 Å². The lowest BCUT2D eigenvalue weighted by atomic mass is 10.0. The van der Waals surface area contributed by atoms with Crippen molar-refractivity contribution in [1.82, 2.24) is 14.8 Å². The average Bonchev–Trinajstić information content (AvgIpc) is 2.98. The highest BCUT2D eigenvalue weighted by atomic mass is 16.5. The zero-order valence-corrected chi connectivity index (χ0v) is 17.8. The highest BCUT2D eigenvalue weighted by Crippen LogP contribution is 2.31. The van der Waals surface area contributed by atoms with E-state index in [1.54, 1.807) is 7.11 Å². The number of nitrogens with one attached hydrogen (secondary N) is 1. The maximum atomic E-state index is 13.4. The van der Waals surface area contributed by atoms with Crippen molar-refractivity contribution < 1.29 is 9.53 Å². The summed E-state index contributed by atoms with van der Waals surface area (Å²) in [4.78, 5) is 18.2. The average molecular weight is 400 g/mol. The van der Waals surface area contributed by atoms with Crippen LogP contribution in [0.3, 0.4) is 0 Å². The molecule has 0 aliphatic carbocycles. The second kappa shape index (κ2) is 7.63. The van der Waals surface area contributed by atoms with Crippen molar-refractivity contribution in [3.63, 3.8) is 0 Å². The number of carbonyl (C=O) groups excluding carboxylic acids is 1. The molecule has 0 unspecified atom stereocenters. The Kier molecular flexibility index (Phi) is 4.99. The van der Waals surface area contributed by atoms with Crippen molar-refractivity contribution in [2.75, 3.05) is 12.4 Å². The van der Waals surface area contributed by atoms with Crippen molar-refractivity contribution in [3.8, 4) is 17.0 Å². The number of benzene rings is 2. The third kappa shape index (κ3) is 3.41. The van der Waals surface area contributed by atoms with Crippen molar-refractivity contribution in [2.24, 2.45) is 7.05 Å². The molecule has 2 aromatic carbocycles. The summed E-state index contributed by atoms with van der Waals surface area (Å²) in [5.41, 5.74) is 6.56. The monoisotopic (exact) mass is 400 g/mol. The van der Waals surface area contributed by atoms with Crippen LogP contribution in [0.2, 0.25) is 0 Å². The Balaban J connectivity index is 1.86. The number of amides is 1. The molecule has 0 atom stereocenters. The van der Waals surface area contributed by atoms with Gasteiger partial charge in [0.15, 0.2) is 0 Å². The Morgan fingerprint density at radius 1 is 1.07 bits per heavy atom. The lowest BCUT2D eigenvalue weighted by molar-refractivity contribution is 0.102. The van der Waals surface area contributed by atoms with E-state index in [1.807, 2.05) is 81.0 Å². The van der Waals surface area contributed by atoms with Crippen LogP contribution in [0.25, 0.3) is 22.2 Å². The van der Waals surface area contributed by atoms with Crippen LogP contribution in [0.5, 0.6) is 5.75 Å². The zero-order valence-electron chi connectivity index (χ0n) is 17.8. The van der Waals surface area contributed by atoms with Gasteiger partial charge in [0.2, 0.25) is 0 Å². The zero-order chi connectivity index (χ0) is 21.4. The minimum atomic E-state index is -0.210. The summed E-state index contributed by atoms with van der Waals surface area (Å²) in [7, 11) is 3.50. The molecule has 0 aliphatic rings. The molecule has 0 saturated carbocycles. The van der Waals surface area contributed by atoms with Gasteiger partial charge in [-0.2, -0.15) is 5.10 Å². The number of anilines is 1. The molecule has 0 aliphatic heterocycles. The second-order valence-electron chi connectivity index (χ2n) is 7.40. The van der Waals surface area contributed by atoms with Gasteiger partial charge in [0.25, 0.3) is 5.91 Å². The van der Waals surface area contributed by atoms with E-state index in [2.05, 4.69) is 10.4 Å². The number of methoxy groups -OCH3 is 1. The molecule has 1 amide bonds. The van der Waals surface area contributed by atoms with Crippen molar-refractivity contribution in [1.29, 1.82) is 0 Å². The normalized spacial score (nSPS) is 11.0. The molecular formula is C24H24N4O2. The Morgan fingerprint density at radius 3 is 2.53 bits per heavy atom. The van der Waals surface area contributed by atoms with Gasteiger partial charge in [-0.3, -0.25) is 9.48 Å². The fraction of sp³-hybridized carbons (Fsp3) is 0.208.